The Hall–Kier alpha value is -5.06. The van der Waals surface area contributed by atoms with E-state index in [9.17, 15) is 19.2 Å². The van der Waals surface area contributed by atoms with Gasteiger partial charge in [0.05, 0.1) is 5.56 Å². The first kappa shape index (κ1) is 36.7. The van der Waals surface area contributed by atoms with Crippen LogP contribution in [0.25, 0.3) is 11.1 Å². The van der Waals surface area contributed by atoms with E-state index < -0.39 is 23.4 Å². The molecule has 272 valence electrons. The van der Waals surface area contributed by atoms with Crippen LogP contribution in [0.5, 0.6) is 0 Å². The minimum absolute atomic E-state index is 0.0325. The number of benzene rings is 3. The number of rotatable bonds is 11. The number of nitrogens with zero attached hydrogens (tertiary/aromatic N) is 3. The summed E-state index contributed by atoms with van der Waals surface area (Å²) < 4.78 is 20.4. The van der Waals surface area contributed by atoms with Crippen molar-refractivity contribution in [2.45, 2.75) is 84.2 Å². The predicted octanol–water partition coefficient (Wildman–Crippen LogP) is 7.81. The van der Waals surface area contributed by atoms with Crippen LogP contribution in [0.4, 0.5) is 14.9 Å². The molecule has 10 nitrogen and oxygen atoms in total. The van der Waals surface area contributed by atoms with Crippen LogP contribution >= 0.6 is 0 Å². The van der Waals surface area contributed by atoms with Gasteiger partial charge in [-0.2, -0.15) is 5.11 Å². The Labute approximate surface area is 303 Å². The van der Waals surface area contributed by atoms with Gasteiger partial charge in [0.15, 0.2) is 12.5 Å². The topological polar surface area (TPSA) is 139 Å². The number of nitrogens with one attached hydrogen (secondary N) is 2. The van der Waals surface area contributed by atoms with Gasteiger partial charge in [-0.15, -0.1) is 5.11 Å². The minimum atomic E-state index is -0.685. The number of carbonyl (C=O) groups excluding carboxylic acids is 4. The largest absolute Gasteiger partial charge is 0.444 e. The lowest BCUT2D eigenvalue weighted by atomic mass is 9.77. The van der Waals surface area contributed by atoms with Gasteiger partial charge in [-0.1, -0.05) is 42.5 Å². The van der Waals surface area contributed by atoms with Crippen molar-refractivity contribution in [1.29, 1.82) is 0 Å². The third-order valence-corrected chi connectivity index (χ3v) is 10.0. The van der Waals surface area contributed by atoms with Crippen LogP contribution in [0.15, 0.2) is 75.9 Å². The van der Waals surface area contributed by atoms with Gasteiger partial charge in [0.2, 0.25) is 5.91 Å². The molecule has 3 aromatic rings. The molecule has 52 heavy (non-hydrogen) atoms. The Bertz CT molecular complexity index is 1890. The Balaban J connectivity index is 1.12. The zero-order chi connectivity index (χ0) is 36.8. The third kappa shape index (κ3) is 9.63. The van der Waals surface area contributed by atoms with Crippen LogP contribution in [0.2, 0.25) is 0 Å². The lowest BCUT2D eigenvalue weighted by Crippen LogP contribution is -2.37. The average Bonchev–Trinajstić information content (AvgIpc) is 3.65. The number of ketones is 2. The Morgan fingerprint density at radius 2 is 1.67 bits per heavy atom. The maximum Gasteiger partial charge on any atom is 0.407 e. The second kappa shape index (κ2) is 16.1. The minimum Gasteiger partial charge on any atom is -0.444 e. The lowest BCUT2D eigenvalue weighted by molar-refractivity contribution is -0.129. The van der Waals surface area contributed by atoms with Crippen LogP contribution in [-0.2, 0) is 38.4 Å². The molecule has 6 rings (SSSR count). The van der Waals surface area contributed by atoms with Crippen molar-refractivity contribution >= 4 is 35.1 Å². The molecule has 11 heteroatoms. The molecule has 0 unspecified atom stereocenters. The van der Waals surface area contributed by atoms with E-state index in [4.69, 9.17) is 4.74 Å². The highest BCUT2D eigenvalue weighted by Crippen LogP contribution is 2.32. The van der Waals surface area contributed by atoms with E-state index in [0.717, 1.165) is 41.5 Å². The average molecular weight is 708 g/mol. The molecular weight excluding hydrogens is 661 g/mol. The van der Waals surface area contributed by atoms with Crippen molar-refractivity contribution in [3.05, 3.63) is 88.7 Å². The van der Waals surface area contributed by atoms with E-state index in [2.05, 4.69) is 44.1 Å². The fourth-order valence-corrected chi connectivity index (χ4v) is 7.19. The summed E-state index contributed by atoms with van der Waals surface area (Å²) in [5, 5.41) is 13.3. The number of amides is 2. The van der Waals surface area contributed by atoms with Crippen LogP contribution in [0, 0.1) is 23.6 Å². The molecule has 0 saturated heterocycles. The third-order valence-electron chi connectivity index (χ3n) is 10.0. The van der Waals surface area contributed by atoms with Gasteiger partial charge < -0.3 is 15.4 Å². The molecule has 0 spiro atoms. The van der Waals surface area contributed by atoms with Crippen LogP contribution < -0.4 is 10.6 Å². The number of ether oxygens (including phenoxy) is 1. The van der Waals surface area contributed by atoms with E-state index in [1.165, 1.54) is 17.7 Å². The second-order valence-corrected chi connectivity index (χ2v) is 15.1. The molecule has 3 aromatic carbocycles. The number of amidine groups is 1. The van der Waals surface area contributed by atoms with Crippen LogP contribution in [-0.4, -0.2) is 48.2 Å². The van der Waals surface area contributed by atoms with Gasteiger partial charge in [0.1, 0.15) is 23.0 Å². The number of aliphatic imine (C=N–C) groups is 1. The molecule has 1 atom stereocenters. The van der Waals surface area contributed by atoms with Crippen molar-refractivity contribution in [2.24, 2.45) is 33.0 Å². The molecule has 2 N–H and O–H groups in total. The van der Waals surface area contributed by atoms with E-state index in [1.807, 2.05) is 45.0 Å². The molecule has 1 aliphatic heterocycles. The van der Waals surface area contributed by atoms with Gasteiger partial charge in [-0.3, -0.25) is 14.4 Å². The Morgan fingerprint density at radius 3 is 2.37 bits per heavy atom. The Kier molecular flexibility index (Phi) is 11.4. The van der Waals surface area contributed by atoms with Gasteiger partial charge in [0.25, 0.3) is 0 Å². The summed E-state index contributed by atoms with van der Waals surface area (Å²) in [6.45, 7) is 6.11. The van der Waals surface area contributed by atoms with Gasteiger partial charge >= 0.3 is 6.09 Å². The molecule has 3 aliphatic rings. The van der Waals surface area contributed by atoms with E-state index in [0.29, 0.717) is 38.6 Å². The zero-order valence-corrected chi connectivity index (χ0v) is 30.0. The summed E-state index contributed by atoms with van der Waals surface area (Å²) >= 11 is 0. The smallest absolute Gasteiger partial charge is 0.407 e. The second-order valence-electron chi connectivity index (χ2n) is 15.1. The first-order chi connectivity index (χ1) is 24.9. The van der Waals surface area contributed by atoms with Gasteiger partial charge in [-0.25, -0.2) is 14.2 Å². The lowest BCUT2D eigenvalue weighted by Gasteiger charge is -2.29. The highest BCUT2D eigenvalue weighted by molar-refractivity contribution is 6.01. The summed E-state index contributed by atoms with van der Waals surface area (Å²) in [6, 6.07) is 18.6. The molecule has 1 fully saturated rings. The van der Waals surface area contributed by atoms with Crippen molar-refractivity contribution in [3.8, 4) is 11.1 Å². The maximum absolute atomic E-state index is 15.0. The predicted molar refractivity (Wildman–Crippen MR) is 197 cm³/mol. The zero-order valence-electron chi connectivity index (χ0n) is 30.0. The van der Waals surface area contributed by atoms with Crippen LogP contribution in [0.3, 0.4) is 0 Å². The molecule has 0 bridgehead atoms. The summed E-state index contributed by atoms with van der Waals surface area (Å²) in [6.07, 6.45) is 4.71. The summed E-state index contributed by atoms with van der Waals surface area (Å²) in [7, 11) is 0. The molecule has 1 saturated carbocycles. The molecule has 1 heterocycles. The number of hydrogen-bond acceptors (Lipinski definition) is 8. The van der Waals surface area contributed by atoms with E-state index in [1.54, 1.807) is 6.07 Å². The van der Waals surface area contributed by atoms with Gasteiger partial charge in [0, 0.05) is 43.3 Å². The van der Waals surface area contributed by atoms with E-state index >= 15 is 4.39 Å². The number of azo groups is 1. The number of halogens is 1. The standard InChI is InChI=1S/C41H46FN5O5/c1-41(2,3)52-40(51)43-23-26-6-10-29(11-7-26)37(49)21-32(39(50)46-33-15-17-35(36(42)22-33)38-44-24-45-47-38)18-25-4-8-27(9-5-25)30-13-12-28-14-16-34(48)20-31(28)19-30/h4-5,8-9,12-13,15,17,19,22,26,29,32H,6-7,10-11,14,16,18,20-21,23-24H2,1-3H3,(H,43,51)(H,46,50)/t26?,29?,32-/m1/s1. The Morgan fingerprint density at radius 1 is 0.923 bits per heavy atom. The number of Topliss-reactive ketones (excluding diaryl/α,β-unsaturated/α-hetero) is 2. The number of carbonyl (C=O) groups is 4. The van der Waals surface area contributed by atoms with Gasteiger partial charge in [-0.05, 0) is 111 Å². The molecule has 0 aromatic heterocycles. The highest BCUT2D eigenvalue weighted by atomic mass is 19.1. The van der Waals surface area contributed by atoms with Crippen molar-refractivity contribution < 1.29 is 28.3 Å². The van der Waals surface area contributed by atoms with Crippen molar-refractivity contribution in [1.82, 2.24) is 5.32 Å². The van der Waals surface area contributed by atoms with E-state index in [-0.39, 0.29) is 59.5 Å². The summed E-state index contributed by atoms with van der Waals surface area (Å²) in [5.41, 5.74) is 5.12. The first-order valence-corrected chi connectivity index (χ1v) is 18.2. The quantitative estimate of drug-likeness (QED) is 0.209. The molecular formula is C41H46FN5O5. The maximum atomic E-state index is 15.0. The number of anilines is 1. The van der Waals surface area contributed by atoms with Crippen molar-refractivity contribution in [2.75, 3.05) is 18.5 Å². The first-order valence-electron chi connectivity index (χ1n) is 18.2. The highest BCUT2D eigenvalue weighted by Gasteiger charge is 2.31. The summed E-state index contributed by atoms with van der Waals surface area (Å²) in [5.74, 6) is -1.05. The SMILES string of the molecule is CC(C)(C)OC(=O)NCC1CCC(C(=O)C[C@@H](Cc2ccc(-c3ccc4c(c3)CC(=O)CC4)cc2)C(=O)Nc2ccc(C3=NCN=N3)c(F)c2)CC1. The normalized spacial score (nSPS) is 19.0. The fraction of sp³-hybridized carbons (Fsp3) is 0.439. The number of aryl methyl sites for hydroxylation is 1. The summed E-state index contributed by atoms with van der Waals surface area (Å²) in [4.78, 5) is 55.8. The number of hydrogen-bond donors (Lipinski definition) is 2. The molecule has 0 radical (unpaired) electrons. The fourth-order valence-electron chi connectivity index (χ4n) is 7.19. The van der Waals surface area contributed by atoms with Crippen LogP contribution in [0.1, 0.15) is 81.5 Å². The number of fused-ring (bicyclic) bond motifs is 1. The monoisotopic (exact) mass is 707 g/mol. The molecule has 2 amide bonds. The molecule has 2 aliphatic carbocycles. The number of alkyl carbamates (subject to hydrolysis) is 1. The van der Waals surface area contributed by atoms with Crippen molar-refractivity contribution in [3.63, 3.8) is 0 Å².